The van der Waals surface area contributed by atoms with Gasteiger partial charge in [-0.25, -0.2) is 15.0 Å². The Morgan fingerprint density at radius 2 is 0.968 bits per heavy atom. The second-order valence-corrected chi connectivity index (χ2v) is 16.3. The molecule has 5 nitrogen and oxygen atoms in total. The Balaban J connectivity index is 1.01. The molecule has 2 heterocycles. The number of hydrogen-bond donors (Lipinski definition) is 1. The zero-order valence-corrected chi connectivity index (χ0v) is 34.4. The lowest BCUT2D eigenvalue weighted by atomic mass is 9.82. The maximum Gasteiger partial charge on any atom is 0.163 e. The van der Waals surface area contributed by atoms with Crippen LogP contribution in [0.4, 0.5) is 17.1 Å². The summed E-state index contributed by atoms with van der Waals surface area (Å²) in [6.45, 7) is 0. The first kappa shape index (κ1) is 36.7. The molecular weight excluding hydrogens is 767 g/mol. The summed E-state index contributed by atoms with van der Waals surface area (Å²) in [6, 6.07) is 71.3. The van der Waals surface area contributed by atoms with E-state index in [4.69, 9.17) is 15.0 Å². The van der Waals surface area contributed by atoms with Gasteiger partial charge < -0.3 is 10.2 Å². The normalized spacial score (nSPS) is 15.7. The SMILES string of the molecule is C1=CC(c2cccc3c2C(Nc2ccccc2)N(c2ccccc2)c2ccc(-c4ccc5c(c4)-c4ccccc4C5c4nc(-c5ccccc5)nc(-c5ccccc5)n4)cc2-3)C=C1. The van der Waals surface area contributed by atoms with E-state index in [2.05, 4.69) is 198 Å². The largest absolute Gasteiger partial charge is 0.361 e. The number of para-hydroxylation sites is 2. The molecule has 1 N–H and O–H groups in total. The zero-order chi connectivity index (χ0) is 41.7. The average Bonchev–Trinajstić information content (AvgIpc) is 4.02. The topological polar surface area (TPSA) is 53.9 Å². The third kappa shape index (κ3) is 6.45. The number of anilines is 3. The number of nitrogens with zero attached hydrogens (tertiary/aromatic N) is 4. The van der Waals surface area contributed by atoms with Crippen molar-refractivity contribution < 1.29 is 0 Å². The third-order valence-corrected chi connectivity index (χ3v) is 12.7. The number of hydrogen-bond acceptors (Lipinski definition) is 5. The van der Waals surface area contributed by atoms with Crippen LogP contribution < -0.4 is 10.2 Å². The standard InChI is InChI=1S/C58H41N5/c1-5-20-39(21-6-1)55-60-56(40-22-7-2-8-23-40)62-57(61-55)53-47-29-16-15-28-46(47)50-36-41(32-34-49(50)53)42-33-35-52-51(37-42)48-31-17-30-45(38-18-13-14-19-38)54(48)58(59-43-24-9-3-10-25-43)63(52)44-26-11-4-12-27-44/h1-38,53,58-59H. The van der Waals surface area contributed by atoms with Gasteiger partial charge in [-0.2, -0.15) is 0 Å². The lowest BCUT2D eigenvalue weighted by Gasteiger charge is -2.42. The summed E-state index contributed by atoms with van der Waals surface area (Å²) in [5, 5.41) is 3.98. The first-order valence-electron chi connectivity index (χ1n) is 21.6. The first-order valence-corrected chi connectivity index (χ1v) is 21.6. The molecule has 0 radical (unpaired) electrons. The molecule has 9 aromatic rings. The molecule has 2 unspecified atom stereocenters. The number of allylic oxidation sites excluding steroid dienone is 4. The van der Waals surface area contributed by atoms with E-state index in [0.29, 0.717) is 11.6 Å². The predicted molar refractivity (Wildman–Crippen MR) is 257 cm³/mol. The van der Waals surface area contributed by atoms with Crippen molar-refractivity contribution in [2.24, 2.45) is 0 Å². The van der Waals surface area contributed by atoms with E-state index < -0.39 is 0 Å². The Labute approximate surface area is 367 Å². The third-order valence-electron chi connectivity index (χ3n) is 12.7. The van der Waals surface area contributed by atoms with Crippen LogP contribution in [0, 0.1) is 0 Å². The van der Waals surface area contributed by atoms with Crippen LogP contribution in [0.3, 0.4) is 0 Å². The van der Waals surface area contributed by atoms with E-state index in [9.17, 15) is 0 Å². The lowest BCUT2D eigenvalue weighted by Crippen LogP contribution is -2.34. The summed E-state index contributed by atoms with van der Waals surface area (Å²) in [5.41, 5.74) is 17.4. The Hall–Kier alpha value is -8.15. The highest BCUT2D eigenvalue weighted by Crippen LogP contribution is 2.53. The van der Waals surface area contributed by atoms with Crippen LogP contribution in [0.15, 0.2) is 224 Å². The molecule has 2 atom stereocenters. The predicted octanol–water partition coefficient (Wildman–Crippen LogP) is 14.2. The van der Waals surface area contributed by atoms with E-state index in [0.717, 1.165) is 45.1 Å². The van der Waals surface area contributed by atoms with Gasteiger partial charge >= 0.3 is 0 Å². The highest BCUT2D eigenvalue weighted by molar-refractivity contribution is 5.93. The molecule has 0 saturated heterocycles. The first-order chi connectivity index (χ1) is 31.2. The summed E-state index contributed by atoms with van der Waals surface area (Å²) in [4.78, 5) is 17.9. The summed E-state index contributed by atoms with van der Waals surface area (Å²) in [5.74, 6) is 2.12. The number of aromatic nitrogens is 3. The maximum atomic E-state index is 5.22. The van der Waals surface area contributed by atoms with E-state index in [1.54, 1.807) is 0 Å². The number of fused-ring (bicyclic) bond motifs is 6. The van der Waals surface area contributed by atoms with E-state index in [1.807, 2.05) is 36.4 Å². The molecule has 2 aliphatic carbocycles. The van der Waals surface area contributed by atoms with Gasteiger partial charge in [-0.3, -0.25) is 0 Å². The van der Waals surface area contributed by atoms with Gasteiger partial charge in [0, 0.05) is 39.5 Å². The molecule has 0 bridgehead atoms. The van der Waals surface area contributed by atoms with Gasteiger partial charge in [-0.1, -0.05) is 182 Å². The molecule has 12 rings (SSSR count). The minimum Gasteiger partial charge on any atom is -0.361 e. The molecule has 0 amide bonds. The van der Waals surface area contributed by atoms with Crippen molar-refractivity contribution in [3.63, 3.8) is 0 Å². The van der Waals surface area contributed by atoms with Crippen LogP contribution in [-0.2, 0) is 0 Å². The molecule has 1 aliphatic heterocycles. The molecule has 1 aromatic heterocycles. The second kappa shape index (κ2) is 15.4. The zero-order valence-electron chi connectivity index (χ0n) is 34.4. The van der Waals surface area contributed by atoms with Crippen LogP contribution in [0.25, 0.3) is 56.2 Å². The highest BCUT2D eigenvalue weighted by atomic mass is 15.3. The summed E-state index contributed by atoms with van der Waals surface area (Å²) in [6.07, 6.45) is 8.76. The van der Waals surface area contributed by atoms with Gasteiger partial charge in [0.25, 0.3) is 0 Å². The number of rotatable bonds is 8. The van der Waals surface area contributed by atoms with Crippen LogP contribution in [0.5, 0.6) is 0 Å². The molecule has 0 spiro atoms. The van der Waals surface area contributed by atoms with E-state index >= 15 is 0 Å². The molecule has 8 aromatic carbocycles. The molecule has 298 valence electrons. The van der Waals surface area contributed by atoms with Gasteiger partial charge in [-0.15, -0.1) is 0 Å². The van der Waals surface area contributed by atoms with Gasteiger partial charge in [0.15, 0.2) is 11.6 Å². The summed E-state index contributed by atoms with van der Waals surface area (Å²) >= 11 is 0. The fourth-order valence-electron chi connectivity index (χ4n) is 9.78. The average molecular weight is 808 g/mol. The van der Waals surface area contributed by atoms with E-state index in [1.165, 1.54) is 44.5 Å². The van der Waals surface area contributed by atoms with Crippen LogP contribution >= 0.6 is 0 Å². The molecule has 5 heteroatoms. The van der Waals surface area contributed by atoms with Crippen molar-refractivity contribution in [2.45, 2.75) is 18.0 Å². The van der Waals surface area contributed by atoms with Crippen molar-refractivity contribution in [2.75, 3.05) is 10.2 Å². The van der Waals surface area contributed by atoms with Gasteiger partial charge in [0.05, 0.1) is 11.6 Å². The molecule has 0 fully saturated rings. The monoisotopic (exact) mass is 807 g/mol. The number of nitrogens with one attached hydrogen (secondary N) is 1. The smallest absolute Gasteiger partial charge is 0.163 e. The van der Waals surface area contributed by atoms with Crippen molar-refractivity contribution in [3.8, 4) is 56.2 Å². The quantitative estimate of drug-likeness (QED) is 0.166. The van der Waals surface area contributed by atoms with E-state index in [-0.39, 0.29) is 18.0 Å². The van der Waals surface area contributed by atoms with Gasteiger partial charge in [-0.05, 0) is 87.0 Å². The second-order valence-electron chi connectivity index (χ2n) is 16.3. The van der Waals surface area contributed by atoms with Crippen molar-refractivity contribution in [1.29, 1.82) is 0 Å². The molecule has 63 heavy (non-hydrogen) atoms. The van der Waals surface area contributed by atoms with Crippen molar-refractivity contribution in [1.82, 2.24) is 15.0 Å². The molecular formula is C58H41N5. The van der Waals surface area contributed by atoms with Gasteiger partial charge in [0.1, 0.15) is 12.0 Å². The summed E-state index contributed by atoms with van der Waals surface area (Å²) in [7, 11) is 0. The van der Waals surface area contributed by atoms with Crippen LogP contribution in [0.1, 0.15) is 46.1 Å². The highest BCUT2D eigenvalue weighted by Gasteiger charge is 2.36. The fourth-order valence-corrected chi connectivity index (χ4v) is 9.78. The minimum atomic E-state index is -0.157. The van der Waals surface area contributed by atoms with Crippen LogP contribution in [0.2, 0.25) is 0 Å². The molecule has 3 aliphatic rings. The Morgan fingerprint density at radius 1 is 0.413 bits per heavy atom. The lowest BCUT2D eigenvalue weighted by molar-refractivity contribution is 0.767. The van der Waals surface area contributed by atoms with Gasteiger partial charge in [0.2, 0.25) is 0 Å². The van der Waals surface area contributed by atoms with Crippen molar-refractivity contribution >= 4 is 17.1 Å². The fraction of sp³-hybridized carbons (Fsp3) is 0.0517. The maximum absolute atomic E-state index is 5.22. The van der Waals surface area contributed by atoms with Crippen molar-refractivity contribution in [3.05, 3.63) is 253 Å². The molecule has 0 saturated carbocycles. The minimum absolute atomic E-state index is 0.154. The number of benzene rings is 8. The summed E-state index contributed by atoms with van der Waals surface area (Å²) < 4.78 is 0. The van der Waals surface area contributed by atoms with Crippen LogP contribution in [-0.4, -0.2) is 15.0 Å². The Morgan fingerprint density at radius 3 is 1.67 bits per heavy atom. The Bertz CT molecular complexity index is 3150. The Kier molecular flexibility index (Phi) is 8.96.